The molecule has 0 spiro atoms. The summed E-state index contributed by atoms with van der Waals surface area (Å²) < 4.78 is 6.56. The first-order chi connectivity index (χ1) is 11.0. The van der Waals surface area contributed by atoms with Crippen LogP contribution in [0.2, 0.25) is 0 Å². The van der Waals surface area contributed by atoms with Crippen LogP contribution in [0.1, 0.15) is 19.7 Å². The van der Waals surface area contributed by atoms with Crippen molar-refractivity contribution >= 4 is 18.1 Å². The summed E-state index contributed by atoms with van der Waals surface area (Å²) in [6, 6.07) is 0. The second-order valence-electron chi connectivity index (χ2n) is 5.11. The lowest BCUT2D eigenvalue weighted by Gasteiger charge is -2.20. The number of likely N-dealkylation sites (N-methyl/N-ethyl adjacent to an activating group) is 1. The van der Waals surface area contributed by atoms with Gasteiger partial charge in [0.05, 0.1) is 13.6 Å². The van der Waals surface area contributed by atoms with Crippen molar-refractivity contribution in [3.8, 4) is 0 Å². The predicted octanol–water partition coefficient (Wildman–Crippen LogP) is 0.825. The number of hydrogen-bond donors (Lipinski definition) is 0. The van der Waals surface area contributed by atoms with Crippen molar-refractivity contribution in [2.45, 2.75) is 20.0 Å². The third kappa shape index (κ3) is 3.83. The van der Waals surface area contributed by atoms with E-state index in [1.54, 1.807) is 0 Å². The molecule has 1 aromatic rings. The molecule has 2 heterocycles. The van der Waals surface area contributed by atoms with E-state index in [0.717, 1.165) is 19.3 Å². The average molecular weight is 324 g/mol. The van der Waals surface area contributed by atoms with E-state index in [2.05, 4.69) is 15.0 Å². The zero-order valence-electron chi connectivity index (χ0n) is 13.4. The van der Waals surface area contributed by atoms with Crippen molar-refractivity contribution in [2.24, 2.45) is 12.1 Å². The van der Waals surface area contributed by atoms with Gasteiger partial charge in [-0.3, -0.25) is 0 Å². The molecule has 0 radical (unpaired) electrons. The largest absolute Gasteiger partial charge is 0.441 e. The number of aromatic nitrogens is 2. The fraction of sp³-hybridized carbons (Fsp3) is 0.615. The minimum atomic E-state index is -0.533. The molecule has 1 atom stereocenters. The fourth-order valence-corrected chi connectivity index (χ4v) is 2.29. The van der Waals surface area contributed by atoms with Gasteiger partial charge in [0.2, 0.25) is 5.82 Å². The van der Waals surface area contributed by atoms with Gasteiger partial charge in [0.1, 0.15) is 18.5 Å². The lowest BCUT2D eigenvalue weighted by molar-refractivity contribution is -0.391. The number of rotatable bonds is 7. The molecule has 0 aliphatic carbocycles. The summed E-state index contributed by atoms with van der Waals surface area (Å²) in [4.78, 5) is 28.1. The summed E-state index contributed by atoms with van der Waals surface area (Å²) in [7, 11) is 1.51. The molecule has 10 nitrogen and oxygen atoms in total. The summed E-state index contributed by atoms with van der Waals surface area (Å²) in [5.74, 6) is 0.145. The maximum atomic E-state index is 11.8. The van der Waals surface area contributed by atoms with Gasteiger partial charge in [-0.2, -0.15) is 10.1 Å². The van der Waals surface area contributed by atoms with Crippen molar-refractivity contribution in [1.82, 2.24) is 19.5 Å². The lowest BCUT2D eigenvalue weighted by Crippen LogP contribution is -2.34. The van der Waals surface area contributed by atoms with Crippen molar-refractivity contribution in [2.75, 3.05) is 26.2 Å². The Morgan fingerprint density at radius 3 is 2.83 bits per heavy atom. The van der Waals surface area contributed by atoms with E-state index in [9.17, 15) is 14.9 Å². The number of ether oxygens (including phenoxy) is 1. The van der Waals surface area contributed by atoms with E-state index in [1.807, 2.05) is 13.8 Å². The third-order valence-corrected chi connectivity index (χ3v) is 3.71. The molecule has 1 aliphatic rings. The molecule has 1 aromatic heterocycles. The first kappa shape index (κ1) is 16.9. The molecular formula is C13H20N6O4. The lowest BCUT2D eigenvalue weighted by atomic mass is 10.3. The molecule has 1 saturated heterocycles. The topological polar surface area (TPSA) is 106 Å². The molecule has 0 bridgehead atoms. The Morgan fingerprint density at radius 1 is 1.57 bits per heavy atom. The second-order valence-corrected chi connectivity index (χ2v) is 5.11. The molecule has 1 amide bonds. The summed E-state index contributed by atoms with van der Waals surface area (Å²) in [6.07, 6.45) is 1.69. The van der Waals surface area contributed by atoms with Gasteiger partial charge in [0.25, 0.3) is 0 Å². The van der Waals surface area contributed by atoms with Gasteiger partial charge in [0, 0.05) is 6.54 Å². The first-order valence-electron chi connectivity index (χ1n) is 7.36. The molecule has 0 N–H and O–H groups in total. The number of amides is 1. The van der Waals surface area contributed by atoms with Crippen LogP contribution in [-0.4, -0.2) is 69.0 Å². The predicted molar refractivity (Wildman–Crippen MR) is 82.2 cm³/mol. The second kappa shape index (κ2) is 7.18. The Hall–Kier alpha value is -2.49. The molecule has 23 heavy (non-hydrogen) atoms. The van der Waals surface area contributed by atoms with Gasteiger partial charge in [-0.15, -0.1) is 0 Å². The fourth-order valence-electron chi connectivity index (χ4n) is 2.29. The van der Waals surface area contributed by atoms with Crippen LogP contribution in [0.3, 0.4) is 0 Å². The van der Waals surface area contributed by atoms with E-state index in [1.165, 1.54) is 22.8 Å². The standard InChI is InChI=1S/C13H20N6O4/c1-4-17(5-2)8-10-9-18(13(20)23-10)15-6-11-14-7-12(16(11)3)19(21)22/h6-7,10H,4-5,8-9H2,1-3H3/b15-6+. The van der Waals surface area contributed by atoms with Crippen LogP contribution in [0.5, 0.6) is 0 Å². The Kier molecular flexibility index (Phi) is 5.27. The summed E-state index contributed by atoms with van der Waals surface area (Å²) in [5, 5.41) is 16.0. The van der Waals surface area contributed by atoms with Gasteiger partial charge in [-0.05, 0) is 18.0 Å². The number of imidazole rings is 1. The van der Waals surface area contributed by atoms with Gasteiger partial charge in [0.15, 0.2) is 0 Å². The van der Waals surface area contributed by atoms with Gasteiger partial charge in [-0.1, -0.05) is 13.8 Å². The van der Waals surface area contributed by atoms with E-state index >= 15 is 0 Å². The molecule has 0 aromatic carbocycles. The maximum Gasteiger partial charge on any atom is 0.430 e. The molecule has 1 fully saturated rings. The Balaban J connectivity index is 2.00. The minimum absolute atomic E-state index is 0.144. The van der Waals surface area contributed by atoms with E-state index in [4.69, 9.17) is 4.74 Å². The smallest absolute Gasteiger partial charge is 0.430 e. The van der Waals surface area contributed by atoms with Crippen LogP contribution in [0.15, 0.2) is 11.3 Å². The molecule has 126 valence electrons. The third-order valence-electron chi connectivity index (χ3n) is 3.71. The Labute approximate surface area is 133 Å². The molecule has 1 aliphatic heterocycles. The normalized spacial score (nSPS) is 18.2. The van der Waals surface area contributed by atoms with Crippen LogP contribution >= 0.6 is 0 Å². The van der Waals surface area contributed by atoms with Gasteiger partial charge >= 0.3 is 11.9 Å². The number of hydrogen-bond acceptors (Lipinski definition) is 7. The highest BCUT2D eigenvalue weighted by Gasteiger charge is 2.32. The van der Waals surface area contributed by atoms with Crippen molar-refractivity contribution in [3.63, 3.8) is 0 Å². The van der Waals surface area contributed by atoms with Crippen LogP contribution in [-0.2, 0) is 11.8 Å². The Morgan fingerprint density at radius 2 is 2.26 bits per heavy atom. The van der Waals surface area contributed by atoms with Crippen LogP contribution < -0.4 is 0 Å². The SMILES string of the molecule is CCN(CC)CC1CN(/N=C/c2ncc([N+](=O)[O-])n2C)C(=O)O1. The minimum Gasteiger partial charge on any atom is -0.441 e. The maximum absolute atomic E-state index is 11.8. The zero-order valence-corrected chi connectivity index (χ0v) is 13.4. The summed E-state index contributed by atoms with van der Waals surface area (Å²) in [5.41, 5.74) is 0. The molecular weight excluding hydrogens is 304 g/mol. The quantitative estimate of drug-likeness (QED) is 0.418. The highest BCUT2D eigenvalue weighted by atomic mass is 16.6. The van der Waals surface area contributed by atoms with E-state index in [0.29, 0.717) is 13.1 Å². The monoisotopic (exact) mass is 324 g/mol. The first-order valence-corrected chi connectivity index (χ1v) is 7.36. The van der Waals surface area contributed by atoms with Gasteiger partial charge < -0.3 is 19.8 Å². The van der Waals surface area contributed by atoms with Crippen molar-refractivity contribution < 1.29 is 14.5 Å². The summed E-state index contributed by atoms with van der Waals surface area (Å²) in [6.45, 7) is 6.85. The summed E-state index contributed by atoms with van der Waals surface area (Å²) >= 11 is 0. The highest BCUT2D eigenvalue weighted by Crippen LogP contribution is 2.14. The highest BCUT2D eigenvalue weighted by molar-refractivity contribution is 5.78. The van der Waals surface area contributed by atoms with Crippen LogP contribution in [0, 0.1) is 10.1 Å². The number of carbonyl (C=O) groups excluding carboxylic acids is 1. The molecule has 0 saturated carbocycles. The number of nitrogens with zero attached hydrogens (tertiary/aromatic N) is 6. The van der Waals surface area contributed by atoms with Crippen molar-refractivity contribution in [3.05, 3.63) is 22.1 Å². The number of cyclic esters (lactones) is 1. The molecule has 2 rings (SSSR count). The number of nitro groups is 1. The average Bonchev–Trinajstić information content (AvgIpc) is 3.05. The molecule has 10 heteroatoms. The van der Waals surface area contributed by atoms with Crippen LogP contribution in [0.4, 0.5) is 10.6 Å². The van der Waals surface area contributed by atoms with Crippen LogP contribution in [0.25, 0.3) is 0 Å². The van der Waals surface area contributed by atoms with E-state index < -0.39 is 11.0 Å². The molecule has 1 unspecified atom stereocenters. The van der Waals surface area contributed by atoms with E-state index in [-0.39, 0.29) is 17.7 Å². The number of hydrazone groups is 1. The zero-order chi connectivity index (χ0) is 17.0. The van der Waals surface area contributed by atoms with Crippen molar-refractivity contribution in [1.29, 1.82) is 0 Å². The number of carbonyl (C=O) groups is 1. The van der Waals surface area contributed by atoms with Gasteiger partial charge in [-0.25, -0.2) is 14.3 Å². The Bertz CT molecular complexity index is 610.